The van der Waals surface area contributed by atoms with Gasteiger partial charge in [-0.3, -0.25) is 9.69 Å². The third kappa shape index (κ3) is 1.70. The minimum atomic E-state index is -0.0973. The second-order valence-electron chi connectivity index (χ2n) is 2.78. The smallest absolute Gasteiger partial charge is 0.320 e. The van der Waals surface area contributed by atoms with Crippen molar-refractivity contribution in [3.05, 3.63) is 0 Å². The second kappa shape index (κ2) is 3.01. The molecule has 10 heavy (non-hydrogen) atoms. The lowest BCUT2D eigenvalue weighted by atomic mass is 10.3. The molecule has 0 saturated carbocycles. The Morgan fingerprint density at radius 1 is 1.60 bits per heavy atom. The predicted octanol–water partition coefficient (Wildman–Crippen LogP) is 0.254. The van der Waals surface area contributed by atoms with Crippen LogP contribution in [-0.2, 0) is 9.53 Å². The molecule has 1 aliphatic heterocycles. The van der Waals surface area contributed by atoms with Gasteiger partial charge in [-0.1, -0.05) is 0 Å². The van der Waals surface area contributed by atoms with Gasteiger partial charge in [-0.05, 0) is 13.8 Å². The first kappa shape index (κ1) is 7.54. The zero-order valence-corrected chi connectivity index (χ0v) is 6.46. The van der Waals surface area contributed by atoms with Crippen LogP contribution in [0.1, 0.15) is 13.8 Å². The molecule has 1 rings (SSSR count). The monoisotopic (exact) mass is 143 g/mol. The number of esters is 1. The number of rotatable bonds is 1. The van der Waals surface area contributed by atoms with Crippen LogP contribution in [0, 0.1) is 0 Å². The van der Waals surface area contributed by atoms with Crippen molar-refractivity contribution in [1.29, 1.82) is 0 Å². The molecule has 0 aromatic carbocycles. The largest absolute Gasteiger partial charge is 0.463 e. The fourth-order valence-corrected chi connectivity index (χ4v) is 1.01. The minimum Gasteiger partial charge on any atom is -0.463 e. The number of nitrogens with zero attached hydrogens (tertiary/aromatic N) is 1. The highest BCUT2D eigenvalue weighted by atomic mass is 16.5. The Morgan fingerprint density at radius 2 is 2.30 bits per heavy atom. The first-order valence-electron chi connectivity index (χ1n) is 3.60. The minimum absolute atomic E-state index is 0.0973. The fraction of sp³-hybridized carbons (Fsp3) is 0.857. The molecule has 0 unspecified atom stereocenters. The molecule has 1 aliphatic rings. The van der Waals surface area contributed by atoms with Gasteiger partial charge < -0.3 is 4.74 Å². The number of carbonyl (C=O) groups is 1. The van der Waals surface area contributed by atoms with Crippen LogP contribution in [0.4, 0.5) is 0 Å². The van der Waals surface area contributed by atoms with Crippen molar-refractivity contribution >= 4 is 5.97 Å². The van der Waals surface area contributed by atoms with E-state index in [1.54, 1.807) is 0 Å². The molecule has 1 heterocycles. The lowest BCUT2D eigenvalue weighted by Gasteiger charge is -2.28. The molecule has 1 saturated heterocycles. The van der Waals surface area contributed by atoms with E-state index in [4.69, 9.17) is 4.74 Å². The first-order valence-corrected chi connectivity index (χ1v) is 3.60. The summed E-state index contributed by atoms with van der Waals surface area (Å²) < 4.78 is 4.78. The summed E-state index contributed by atoms with van der Waals surface area (Å²) in [7, 11) is 0. The van der Waals surface area contributed by atoms with Gasteiger partial charge in [0.2, 0.25) is 0 Å². The molecule has 0 aliphatic carbocycles. The standard InChI is InChI=1S/C7H13NO2/c1-6(2)8-3-4-10-7(9)5-8/h6H,3-5H2,1-2H3. The van der Waals surface area contributed by atoms with Crippen molar-refractivity contribution in [2.75, 3.05) is 19.7 Å². The molecule has 3 nitrogen and oxygen atoms in total. The lowest BCUT2D eigenvalue weighted by Crippen LogP contribution is -2.43. The molecular weight excluding hydrogens is 130 g/mol. The Bertz CT molecular complexity index is 134. The number of ether oxygens (including phenoxy) is 1. The fourth-order valence-electron chi connectivity index (χ4n) is 1.01. The summed E-state index contributed by atoms with van der Waals surface area (Å²) >= 11 is 0. The van der Waals surface area contributed by atoms with Gasteiger partial charge in [0, 0.05) is 12.6 Å². The Morgan fingerprint density at radius 3 is 2.70 bits per heavy atom. The number of hydrogen-bond donors (Lipinski definition) is 0. The van der Waals surface area contributed by atoms with Crippen LogP contribution >= 0.6 is 0 Å². The Labute approximate surface area is 61.0 Å². The van der Waals surface area contributed by atoms with Crippen LogP contribution in [0.15, 0.2) is 0 Å². The molecular formula is C7H13NO2. The van der Waals surface area contributed by atoms with Gasteiger partial charge in [0.25, 0.3) is 0 Å². The maximum Gasteiger partial charge on any atom is 0.320 e. The summed E-state index contributed by atoms with van der Waals surface area (Å²) in [4.78, 5) is 12.8. The topological polar surface area (TPSA) is 29.5 Å². The van der Waals surface area contributed by atoms with Crippen molar-refractivity contribution < 1.29 is 9.53 Å². The summed E-state index contributed by atoms with van der Waals surface area (Å²) in [6.45, 7) is 6.05. The van der Waals surface area contributed by atoms with E-state index >= 15 is 0 Å². The van der Waals surface area contributed by atoms with Crippen LogP contribution in [0.5, 0.6) is 0 Å². The van der Waals surface area contributed by atoms with Gasteiger partial charge in [0.05, 0.1) is 6.54 Å². The van der Waals surface area contributed by atoms with Gasteiger partial charge in [-0.2, -0.15) is 0 Å². The number of cyclic esters (lactones) is 1. The van der Waals surface area contributed by atoms with Crippen LogP contribution < -0.4 is 0 Å². The quantitative estimate of drug-likeness (QED) is 0.493. The van der Waals surface area contributed by atoms with Crippen LogP contribution in [-0.4, -0.2) is 36.6 Å². The molecule has 0 radical (unpaired) electrons. The molecule has 0 aromatic heterocycles. The van der Waals surface area contributed by atoms with Crippen LogP contribution in [0.25, 0.3) is 0 Å². The van der Waals surface area contributed by atoms with Gasteiger partial charge in [-0.15, -0.1) is 0 Å². The summed E-state index contributed by atoms with van der Waals surface area (Å²) in [5, 5.41) is 0. The summed E-state index contributed by atoms with van der Waals surface area (Å²) in [5.41, 5.74) is 0. The highest BCUT2D eigenvalue weighted by Gasteiger charge is 2.19. The van der Waals surface area contributed by atoms with Gasteiger partial charge >= 0.3 is 5.97 Å². The van der Waals surface area contributed by atoms with Crippen LogP contribution in [0.3, 0.4) is 0 Å². The number of carbonyl (C=O) groups excluding carboxylic acids is 1. The van der Waals surface area contributed by atoms with Crippen molar-refractivity contribution in [3.63, 3.8) is 0 Å². The Hall–Kier alpha value is -0.570. The van der Waals surface area contributed by atoms with E-state index in [0.717, 1.165) is 6.54 Å². The SMILES string of the molecule is CC(C)N1CCOC(=O)C1. The molecule has 0 amide bonds. The Kier molecular flexibility index (Phi) is 2.27. The zero-order valence-electron chi connectivity index (χ0n) is 6.46. The van der Waals surface area contributed by atoms with Gasteiger partial charge in [0.1, 0.15) is 6.61 Å². The molecule has 3 heteroatoms. The van der Waals surface area contributed by atoms with Crippen molar-refractivity contribution in [2.45, 2.75) is 19.9 Å². The molecule has 1 fully saturated rings. The maximum atomic E-state index is 10.7. The average molecular weight is 143 g/mol. The van der Waals surface area contributed by atoms with E-state index in [-0.39, 0.29) is 5.97 Å². The maximum absolute atomic E-state index is 10.7. The Balaban J connectivity index is 2.39. The summed E-state index contributed by atoms with van der Waals surface area (Å²) in [6, 6.07) is 0.452. The molecule has 0 bridgehead atoms. The van der Waals surface area contributed by atoms with E-state index in [1.807, 2.05) is 0 Å². The third-order valence-electron chi connectivity index (χ3n) is 1.70. The molecule has 58 valence electrons. The highest BCUT2D eigenvalue weighted by molar-refractivity contribution is 5.72. The molecule has 0 aromatic rings. The van der Waals surface area contributed by atoms with Crippen molar-refractivity contribution in [2.24, 2.45) is 0 Å². The first-order chi connectivity index (χ1) is 4.70. The number of morpholine rings is 1. The third-order valence-corrected chi connectivity index (χ3v) is 1.70. The van der Waals surface area contributed by atoms with Crippen LogP contribution in [0.2, 0.25) is 0 Å². The number of hydrogen-bond acceptors (Lipinski definition) is 3. The van der Waals surface area contributed by atoms with Gasteiger partial charge in [-0.25, -0.2) is 0 Å². The van der Waals surface area contributed by atoms with E-state index in [2.05, 4.69) is 18.7 Å². The van der Waals surface area contributed by atoms with Crippen molar-refractivity contribution in [3.8, 4) is 0 Å². The van der Waals surface area contributed by atoms with E-state index in [1.165, 1.54) is 0 Å². The lowest BCUT2D eigenvalue weighted by molar-refractivity contribution is -0.151. The van der Waals surface area contributed by atoms with E-state index in [9.17, 15) is 4.79 Å². The second-order valence-corrected chi connectivity index (χ2v) is 2.78. The predicted molar refractivity (Wildman–Crippen MR) is 37.7 cm³/mol. The summed E-state index contributed by atoms with van der Waals surface area (Å²) in [6.07, 6.45) is 0. The molecule has 0 atom stereocenters. The normalized spacial score (nSPS) is 21.3. The summed E-state index contributed by atoms with van der Waals surface area (Å²) in [5.74, 6) is -0.0973. The van der Waals surface area contributed by atoms with E-state index < -0.39 is 0 Å². The average Bonchev–Trinajstić information content (AvgIpc) is 1.88. The molecule has 0 spiro atoms. The molecule has 0 N–H and O–H groups in total. The highest BCUT2D eigenvalue weighted by Crippen LogP contribution is 2.02. The van der Waals surface area contributed by atoms with Gasteiger partial charge in [0.15, 0.2) is 0 Å². The van der Waals surface area contributed by atoms with E-state index in [0.29, 0.717) is 19.2 Å². The zero-order chi connectivity index (χ0) is 7.56. The van der Waals surface area contributed by atoms with Crippen molar-refractivity contribution in [1.82, 2.24) is 4.90 Å².